The lowest BCUT2D eigenvalue weighted by Crippen LogP contribution is -2.26. The van der Waals surface area contributed by atoms with Crippen LogP contribution in [-0.4, -0.2) is 11.9 Å². The summed E-state index contributed by atoms with van der Waals surface area (Å²) in [6, 6.07) is 11.0. The van der Waals surface area contributed by atoms with E-state index in [1.165, 1.54) is 0 Å². The van der Waals surface area contributed by atoms with Crippen LogP contribution in [0, 0.1) is 20.8 Å². The molecule has 0 aliphatic heterocycles. The molecular weight excluding hydrogens is 375 g/mol. The van der Waals surface area contributed by atoms with Crippen molar-refractivity contribution in [3.05, 3.63) is 58.7 Å². The Morgan fingerprint density at radius 1 is 1.09 bits per heavy atom. The number of rotatable bonds is 5. The molecule has 0 radical (unpaired) electrons. The van der Waals surface area contributed by atoms with Crippen molar-refractivity contribution in [2.45, 2.75) is 33.8 Å². The Balaban J connectivity index is 0.00000264. The van der Waals surface area contributed by atoms with Gasteiger partial charge in [0, 0.05) is 5.56 Å². The highest BCUT2D eigenvalue weighted by Gasteiger charge is 2.21. The summed E-state index contributed by atoms with van der Waals surface area (Å²) >= 11 is 0. The SMILES string of the molecule is Br.Cc1cc(C)c(C(=O)C(C)Oc2ccccc2P=O)c(C)c1. The van der Waals surface area contributed by atoms with E-state index in [2.05, 4.69) is 0 Å². The van der Waals surface area contributed by atoms with E-state index in [0.29, 0.717) is 16.6 Å². The molecule has 122 valence electrons. The first-order chi connectivity index (χ1) is 10.4. The zero-order valence-electron chi connectivity index (χ0n) is 13.6. The van der Waals surface area contributed by atoms with Crippen molar-refractivity contribution in [2.75, 3.05) is 0 Å². The van der Waals surface area contributed by atoms with Gasteiger partial charge in [0.05, 0.1) is 5.30 Å². The standard InChI is InChI=1S/C18H19O3P.BrH/c1-11-9-12(2)17(13(3)10-11)18(19)14(4)21-15-7-5-6-8-16(15)22-20;/h5-10,14H,1-4H3;1H. The van der Waals surface area contributed by atoms with Gasteiger partial charge >= 0.3 is 0 Å². The van der Waals surface area contributed by atoms with Gasteiger partial charge in [-0.3, -0.25) is 9.36 Å². The summed E-state index contributed by atoms with van der Waals surface area (Å²) < 4.78 is 16.9. The number of carbonyl (C=O) groups excluding carboxylic acids is 1. The Morgan fingerprint density at radius 3 is 2.22 bits per heavy atom. The molecule has 3 nitrogen and oxygen atoms in total. The predicted molar refractivity (Wildman–Crippen MR) is 99.1 cm³/mol. The minimum Gasteiger partial charge on any atom is -0.481 e. The Bertz CT molecular complexity index is 705. The molecule has 23 heavy (non-hydrogen) atoms. The van der Waals surface area contributed by atoms with Crippen LogP contribution in [0.15, 0.2) is 36.4 Å². The number of para-hydroxylation sites is 1. The maximum absolute atomic E-state index is 12.7. The molecule has 0 bridgehead atoms. The Kier molecular flexibility index (Phi) is 7.11. The third kappa shape index (κ3) is 4.49. The van der Waals surface area contributed by atoms with E-state index >= 15 is 0 Å². The van der Waals surface area contributed by atoms with Gasteiger partial charge in [-0.25, -0.2) is 0 Å². The summed E-state index contributed by atoms with van der Waals surface area (Å²) in [5, 5.41) is 0.541. The summed E-state index contributed by atoms with van der Waals surface area (Å²) in [7, 11) is -0.119. The first-order valence-corrected chi connectivity index (χ1v) is 7.96. The summed E-state index contributed by atoms with van der Waals surface area (Å²) in [6.45, 7) is 7.60. The molecule has 1 unspecified atom stereocenters. The molecular formula is C18H20BrO3P. The van der Waals surface area contributed by atoms with E-state index in [-0.39, 0.29) is 31.2 Å². The van der Waals surface area contributed by atoms with Crippen LogP contribution in [0.2, 0.25) is 0 Å². The van der Waals surface area contributed by atoms with E-state index < -0.39 is 6.10 Å². The number of ketones is 1. The summed E-state index contributed by atoms with van der Waals surface area (Å²) in [5.41, 5.74) is 3.74. The molecule has 2 aromatic rings. The van der Waals surface area contributed by atoms with Crippen LogP contribution in [-0.2, 0) is 4.57 Å². The van der Waals surface area contributed by atoms with Gasteiger partial charge in [0.15, 0.2) is 14.6 Å². The maximum Gasteiger partial charge on any atom is 0.203 e. The molecule has 0 aliphatic carbocycles. The number of carbonyl (C=O) groups is 1. The number of halogens is 1. The predicted octanol–water partition coefficient (Wildman–Crippen LogP) is 4.76. The van der Waals surface area contributed by atoms with Crippen molar-refractivity contribution in [3.8, 4) is 5.75 Å². The Hall–Kier alpha value is -1.51. The average Bonchev–Trinajstić information content (AvgIpc) is 2.46. The average molecular weight is 395 g/mol. The minimum absolute atomic E-state index is 0. The maximum atomic E-state index is 12.7. The molecule has 0 saturated carbocycles. The van der Waals surface area contributed by atoms with Crippen molar-refractivity contribution in [1.82, 2.24) is 0 Å². The highest BCUT2D eigenvalue weighted by Crippen LogP contribution is 2.21. The van der Waals surface area contributed by atoms with Crippen LogP contribution in [0.5, 0.6) is 5.75 Å². The van der Waals surface area contributed by atoms with E-state index in [1.807, 2.05) is 32.9 Å². The molecule has 2 aromatic carbocycles. The van der Waals surface area contributed by atoms with Gasteiger partial charge in [0.1, 0.15) is 5.75 Å². The van der Waals surface area contributed by atoms with E-state index in [9.17, 15) is 9.36 Å². The van der Waals surface area contributed by atoms with Crippen LogP contribution in [0.25, 0.3) is 0 Å². The number of hydrogen-bond donors (Lipinski definition) is 0. The first-order valence-electron chi connectivity index (χ1n) is 7.15. The fourth-order valence-electron chi connectivity index (χ4n) is 2.65. The fraction of sp³-hybridized carbons (Fsp3) is 0.278. The second-order valence-electron chi connectivity index (χ2n) is 5.46. The van der Waals surface area contributed by atoms with Crippen molar-refractivity contribution in [3.63, 3.8) is 0 Å². The molecule has 5 heteroatoms. The van der Waals surface area contributed by atoms with Crippen molar-refractivity contribution in [1.29, 1.82) is 0 Å². The van der Waals surface area contributed by atoms with E-state index in [4.69, 9.17) is 4.74 Å². The van der Waals surface area contributed by atoms with Gasteiger partial charge in [-0.1, -0.05) is 29.8 Å². The second-order valence-corrected chi connectivity index (χ2v) is 6.12. The van der Waals surface area contributed by atoms with Gasteiger partial charge in [0.2, 0.25) is 5.78 Å². The Labute approximate surface area is 149 Å². The van der Waals surface area contributed by atoms with Crippen molar-refractivity contribution < 1.29 is 14.1 Å². The van der Waals surface area contributed by atoms with Gasteiger partial charge in [-0.05, 0) is 51.0 Å². The lowest BCUT2D eigenvalue weighted by molar-refractivity contribution is 0.0818. The van der Waals surface area contributed by atoms with Crippen LogP contribution < -0.4 is 10.0 Å². The molecule has 0 spiro atoms. The Morgan fingerprint density at radius 2 is 1.65 bits per heavy atom. The lowest BCUT2D eigenvalue weighted by atomic mass is 9.94. The van der Waals surface area contributed by atoms with Crippen molar-refractivity contribution >= 4 is 36.5 Å². The fourth-order valence-corrected chi connectivity index (χ4v) is 3.01. The quantitative estimate of drug-likeness (QED) is 0.542. The van der Waals surface area contributed by atoms with Crippen LogP contribution in [0.4, 0.5) is 0 Å². The summed E-state index contributed by atoms with van der Waals surface area (Å²) in [4.78, 5) is 12.7. The number of Topliss-reactive ketones (excluding diaryl/α,β-unsaturated/α-hetero) is 1. The van der Waals surface area contributed by atoms with E-state index in [0.717, 1.165) is 16.7 Å². The van der Waals surface area contributed by atoms with Crippen LogP contribution >= 0.6 is 25.4 Å². The second kappa shape index (κ2) is 8.37. The largest absolute Gasteiger partial charge is 0.481 e. The van der Waals surface area contributed by atoms with Crippen molar-refractivity contribution in [2.24, 2.45) is 0 Å². The van der Waals surface area contributed by atoms with Crippen LogP contribution in [0.3, 0.4) is 0 Å². The smallest absolute Gasteiger partial charge is 0.203 e. The molecule has 0 amide bonds. The molecule has 0 fully saturated rings. The highest BCUT2D eigenvalue weighted by atomic mass is 79.9. The lowest BCUT2D eigenvalue weighted by Gasteiger charge is -2.17. The number of benzene rings is 2. The molecule has 0 heterocycles. The molecule has 0 saturated heterocycles. The molecule has 0 N–H and O–H groups in total. The highest BCUT2D eigenvalue weighted by molar-refractivity contribution is 8.93. The summed E-state index contributed by atoms with van der Waals surface area (Å²) in [6.07, 6.45) is -0.636. The normalized spacial score (nSPS) is 11.7. The molecule has 0 aromatic heterocycles. The minimum atomic E-state index is -0.636. The molecule has 0 aliphatic rings. The van der Waals surface area contributed by atoms with Gasteiger partial charge in [-0.2, -0.15) is 0 Å². The third-order valence-electron chi connectivity index (χ3n) is 3.56. The van der Waals surface area contributed by atoms with Gasteiger partial charge in [-0.15, -0.1) is 17.0 Å². The third-order valence-corrected chi connectivity index (χ3v) is 4.13. The number of hydrogen-bond acceptors (Lipinski definition) is 3. The van der Waals surface area contributed by atoms with Gasteiger partial charge in [0.25, 0.3) is 0 Å². The van der Waals surface area contributed by atoms with E-state index in [1.54, 1.807) is 31.2 Å². The first kappa shape index (κ1) is 19.5. The van der Waals surface area contributed by atoms with Crippen LogP contribution in [0.1, 0.15) is 34.0 Å². The number of ether oxygens (including phenoxy) is 1. The monoisotopic (exact) mass is 394 g/mol. The zero-order valence-corrected chi connectivity index (χ0v) is 16.2. The van der Waals surface area contributed by atoms with Gasteiger partial charge < -0.3 is 4.74 Å². The molecule has 2 rings (SSSR count). The molecule has 1 atom stereocenters. The zero-order chi connectivity index (χ0) is 16.3. The summed E-state index contributed by atoms with van der Waals surface area (Å²) in [5.74, 6) is 0.412. The number of aryl methyl sites for hydroxylation is 3. The topological polar surface area (TPSA) is 43.4 Å².